The molecule has 1 aliphatic heterocycles. The highest BCUT2D eigenvalue weighted by Gasteiger charge is 2.27. The van der Waals surface area contributed by atoms with Crippen molar-refractivity contribution in [3.8, 4) is 0 Å². The molecular weight excluding hydrogens is 348 g/mol. The third-order valence-corrected chi connectivity index (χ3v) is 7.67. The lowest BCUT2D eigenvalue weighted by molar-refractivity contribution is -0.121. The normalized spacial score (nSPS) is 21.9. The first-order chi connectivity index (χ1) is 11.6. The number of allylic oxidation sites excluding steroid dienone is 2. The summed E-state index contributed by atoms with van der Waals surface area (Å²) in [5, 5.41) is 2.88. The zero-order valence-electron chi connectivity index (χ0n) is 13.4. The van der Waals surface area contributed by atoms with Crippen LogP contribution >= 0.6 is 11.3 Å². The van der Waals surface area contributed by atoms with Crippen molar-refractivity contribution in [1.82, 2.24) is 9.62 Å². The minimum Gasteiger partial charge on any atom is -0.379 e. The highest BCUT2D eigenvalue weighted by atomic mass is 32.2. The van der Waals surface area contributed by atoms with Gasteiger partial charge in [-0.25, -0.2) is 8.42 Å². The second-order valence-electron chi connectivity index (χ2n) is 5.98. The van der Waals surface area contributed by atoms with Crippen molar-refractivity contribution in [3.05, 3.63) is 29.2 Å². The monoisotopic (exact) mass is 370 g/mol. The summed E-state index contributed by atoms with van der Waals surface area (Å²) in [7, 11) is -3.45. The van der Waals surface area contributed by atoms with Crippen LogP contribution in [-0.2, 0) is 26.1 Å². The van der Waals surface area contributed by atoms with E-state index in [9.17, 15) is 13.2 Å². The number of morpholine rings is 1. The Balaban J connectivity index is 1.54. The average molecular weight is 370 g/mol. The van der Waals surface area contributed by atoms with Gasteiger partial charge in [0.15, 0.2) is 0 Å². The van der Waals surface area contributed by atoms with Crippen LogP contribution in [0.5, 0.6) is 0 Å². The lowest BCUT2D eigenvalue weighted by Gasteiger charge is -2.25. The lowest BCUT2D eigenvalue weighted by atomic mass is 10.1. The Kier molecular flexibility index (Phi) is 5.70. The molecule has 24 heavy (non-hydrogen) atoms. The van der Waals surface area contributed by atoms with Crippen molar-refractivity contribution in [2.24, 2.45) is 5.92 Å². The molecular formula is C16H22N2O4S2. The molecule has 0 spiro atoms. The number of thiophene rings is 1. The van der Waals surface area contributed by atoms with Crippen LogP contribution in [0.4, 0.5) is 0 Å². The number of sulfonamides is 1. The number of nitrogens with one attached hydrogen (secondary N) is 1. The fourth-order valence-corrected chi connectivity index (χ4v) is 5.73. The molecule has 1 N–H and O–H groups in total. The van der Waals surface area contributed by atoms with E-state index < -0.39 is 10.0 Å². The van der Waals surface area contributed by atoms with E-state index in [1.807, 2.05) is 0 Å². The molecule has 1 aromatic heterocycles. The summed E-state index contributed by atoms with van der Waals surface area (Å²) in [5.74, 6) is 0.350. The van der Waals surface area contributed by atoms with Gasteiger partial charge in [0.1, 0.15) is 4.21 Å². The molecule has 132 valence electrons. The van der Waals surface area contributed by atoms with Gasteiger partial charge < -0.3 is 10.1 Å². The van der Waals surface area contributed by atoms with E-state index in [1.165, 1.54) is 15.6 Å². The number of carbonyl (C=O) groups is 1. The van der Waals surface area contributed by atoms with E-state index in [0.29, 0.717) is 49.4 Å². The Labute approximate surface area is 146 Å². The first-order valence-electron chi connectivity index (χ1n) is 8.15. The summed E-state index contributed by atoms with van der Waals surface area (Å²) in [6, 6.07) is 3.39. The summed E-state index contributed by atoms with van der Waals surface area (Å²) in [5.41, 5.74) is 0. The third kappa shape index (κ3) is 4.24. The predicted molar refractivity (Wildman–Crippen MR) is 92.2 cm³/mol. The highest BCUT2D eigenvalue weighted by Crippen LogP contribution is 2.26. The Hall–Kier alpha value is -1.22. The molecule has 0 aromatic carbocycles. The number of nitrogens with zero attached hydrogens (tertiary/aromatic N) is 1. The molecule has 1 fully saturated rings. The molecule has 1 saturated heterocycles. The van der Waals surface area contributed by atoms with Crippen molar-refractivity contribution in [2.75, 3.05) is 26.3 Å². The van der Waals surface area contributed by atoms with E-state index >= 15 is 0 Å². The summed E-state index contributed by atoms with van der Waals surface area (Å²) in [6.45, 7) is 2.02. The largest absolute Gasteiger partial charge is 0.379 e. The van der Waals surface area contributed by atoms with Crippen LogP contribution in [0.1, 0.15) is 24.1 Å². The molecule has 1 aromatic rings. The number of rotatable bonds is 6. The van der Waals surface area contributed by atoms with Crippen molar-refractivity contribution < 1.29 is 17.9 Å². The Morgan fingerprint density at radius 2 is 2.12 bits per heavy atom. The van der Waals surface area contributed by atoms with Crippen molar-refractivity contribution in [1.29, 1.82) is 0 Å². The molecule has 0 bridgehead atoms. The van der Waals surface area contributed by atoms with Crippen molar-refractivity contribution in [3.63, 3.8) is 0 Å². The van der Waals surface area contributed by atoms with Gasteiger partial charge in [0.25, 0.3) is 10.0 Å². The first kappa shape index (κ1) is 17.6. The lowest BCUT2D eigenvalue weighted by Crippen LogP contribution is -2.40. The molecule has 8 heteroatoms. The topological polar surface area (TPSA) is 75.7 Å². The molecule has 6 nitrogen and oxygen atoms in total. The molecule has 1 atom stereocenters. The van der Waals surface area contributed by atoms with Crippen molar-refractivity contribution >= 4 is 27.3 Å². The molecule has 0 radical (unpaired) electrons. The smallest absolute Gasteiger partial charge is 0.252 e. The molecule has 2 aliphatic rings. The van der Waals surface area contributed by atoms with Gasteiger partial charge in [0.2, 0.25) is 5.91 Å². The van der Waals surface area contributed by atoms with Crippen LogP contribution < -0.4 is 5.32 Å². The Morgan fingerprint density at radius 1 is 1.33 bits per heavy atom. The van der Waals surface area contributed by atoms with Gasteiger partial charge in [-0.15, -0.1) is 11.3 Å². The molecule has 0 unspecified atom stereocenters. The van der Waals surface area contributed by atoms with Crippen LogP contribution in [0.25, 0.3) is 0 Å². The molecule has 0 saturated carbocycles. The van der Waals surface area contributed by atoms with Gasteiger partial charge >= 0.3 is 0 Å². The molecule has 1 aliphatic carbocycles. The average Bonchev–Trinajstić information content (AvgIpc) is 3.25. The highest BCUT2D eigenvalue weighted by molar-refractivity contribution is 7.91. The summed E-state index contributed by atoms with van der Waals surface area (Å²) >= 11 is 1.22. The quantitative estimate of drug-likeness (QED) is 0.774. The van der Waals surface area contributed by atoms with E-state index in [0.717, 1.165) is 17.7 Å². The molecule has 2 heterocycles. The van der Waals surface area contributed by atoms with E-state index in [-0.39, 0.29) is 5.91 Å². The number of carbonyl (C=O) groups excluding carboxylic acids is 1. The minimum absolute atomic E-state index is 0.0116. The van der Waals surface area contributed by atoms with Crippen LogP contribution in [0.2, 0.25) is 0 Å². The van der Waals surface area contributed by atoms with Gasteiger partial charge in [0.05, 0.1) is 19.8 Å². The fourth-order valence-electron chi connectivity index (χ4n) is 2.87. The Bertz CT molecular complexity index is 705. The molecule has 1 amide bonds. The number of ether oxygens (including phenoxy) is 1. The Morgan fingerprint density at radius 3 is 2.83 bits per heavy atom. The maximum atomic E-state index is 12.6. The molecule has 3 rings (SSSR count). The minimum atomic E-state index is -3.45. The van der Waals surface area contributed by atoms with Crippen LogP contribution in [0, 0.1) is 5.92 Å². The van der Waals surface area contributed by atoms with Gasteiger partial charge in [0, 0.05) is 24.4 Å². The van der Waals surface area contributed by atoms with Gasteiger partial charge in [-0.05, 0) is 30.9 Å². The third-order valence-electron chi connectivity index (χ3n) is 4.22. The predicted octanol–water partition coefficient (Wildman–Crippen LogP) is 1.74. The zero-order chi connectivity index (χ0) is 17.0. The fraction of sp³-hybridized carbons (Fsp3) is 0.562. The summed E-state index contributed by atoms with van der Waals surface area (Å²) in [4.78, 5) is 12.8. The second kappa shape index (κ2) is 7.77. The number of hydrogen-bond donors (Lipinski definition) is 1. The van der Waals surface area contributed by atoms with Crippen LogP contribution in [0.3, 0.4) is 0 Å². The van der Waals surface area contributed by atoms with Gasteiger partial charge in [-0.3, -0.25) is 4.79 Å². The van der Waals surface area contributed by atoms with Crippen molar-refractivity contribution in [2.45, 2.75) is 30.0 Å². The number of amides is 1. The maximum Gasteiger partial charge on any atom is 0.252 e. The second-order valence-corrected chi connectivity index (χ2v) is 9.32. The SMILES string of the molecule is O=C(C[C@H]1C=CCC1)NCc1ccc(S(=O)(=O)N2CCOCC2)s1. The van der Waals surface area contributed by atoms with E-state index in [4.69, 9.17) is 4.74 Å². The maximum absolute atomic E-state index is 12.6. The van der Waals surface area contributed by atoms with E-state index in [2.05, 4.69) is 17.5 Å². The summed E-state index contributed by atoms with van der Waals surface area (Å²) in [6.07, 6.45) is 6.79. The summed E-state index contributed by atoms with van der Waals surface area (Å²) < 4.78 is 32.1. The van der Waals surface area contributed by atoms with E-state index in [1.54, 1.807) is 12.1 Å². The number of hydrogen-bond acceptors (Lipinski definition) is 5. The zero-order valence-corrected chi connectivity index (χ0v) is 15.1. The van der Waals surface area contributed by atoms with Crippen LogP contribution in [0.15, 0.2) is 28.5 Å². The van der Waals surface area contributed by atoms with Gasteiger partial charge in [-0.2, -0.15) is 4.31 Å². The first-order valence-corrected chi connectivity index (χ1v) is 10.4. The van der Waals surface area contributed by atoms with Crippen LogP contribution in [-0.4, -0.2) is 44.9 Å². The van der Waals surface area contributed by atoms with Gasteiger partial charge in [-0.1, -0.05) is 12.2 Å². The standard InChI is InChI=1S/C16H22N2O4S2/c19-15(11-13-3-1-2-4-13)17-12-14-5-6-16(23-14)24(20,21)18-7-9-22-10-8-18/h1,3,5-6,13H,2,4,7-12H2,(H,17,19)/t13-/m0/s1.